The van der Waals surface area contributed by atoms with Crippen molar-refractivity contribution in [3.05, 3.63) is 0 Å². The fourth-order valence-corrected chi connectivity index (χ4v) is 0. The predicted octanol–water partition coefficient (Wildman–Crippen LogP) is 2.01. The van der Waals surface area contributed by atoms with Crippen molar-refractivity contribution >= 4 is 7.25 Å². The Morgan fingerprint density at radius 3 is 1.09 bits per heavy atom. The lowest BCUT2D eigenvalue weighted by Gasteiger charge is -2.20. The van der Waals surface area contributed by atoms with Gasteiger partial charge in [0.25, 0.3) is 0 Å². The van der Waals surface area contributed by atoms with Crippen molar-refractivity contribution in [2.24, 2.45) is 0 Å². The molecule has 0 aliphatic rings. The van der Waals surface area contributed by atoms with Crippen LogP contribution < -0.4 is 0 Å². The first kappa shape index (κ1) is 13.3. The van der Waals surface area contributed by atoms with E-state index in [0.29, 0.717) is 0 Å². The monoisotopic (exact) mass is 175 g/mol. The van der Waals surface area contributed by atoms with Crippen LogP contribution in [0.1, 0.15) is 6.92 Å². The third-order valence-corrected chi connectivity index (χ3v) is 0.949. The van der Waals surface area contributed by atoms with Gasteiger partial charge >= 0.3 is 7.25 Å². The first-order valence-corrected chi connectivity index (χ1v) is 3.24. The van der Waals surface area contributed by atoms with E-state index in [9.17, 15) is 17.3 Å². The van der Waals surface area contributed by atoms with Crippen LogP contribution in [-0.2, 0) is 0 Å². The van der Waals surface area contributed by atoms with Crippen LogP contribution in [0, 0.1) is 0 Å². The van der Waals surface area contributed by atoms with Gasteiger partial charge in [-0.3, -0.25) is 0 Å². The standard InChI is InChI=1S/C5H14N.BF4/c1-5-6(2,3)4;2-1(3,4)5/h5H2,1-4H3;/q+1;-1. The molecule has 0 N–H and O–H groups in total. The molecule has 11 heavy (non-hydrogen) atoms. The number of hydrogen-bond acceptors (Lipinski definition) is 0. The number of hydrogen-bond donors (Lipinski definition) is 0. The molecule has 0 atom stereocenters. The van der Waals surface area contributed by atoms with Gasteiger partial charge in [0, 0.05) is 0 Å². The van der Waals surface area contributed by atoms with Crippen molar-refractivity contribution in [3.8, 4) is 0 Å². The van der Waals surface area contributed by atoms with E-state index in [1.807, 2.05) is 0 Å². The van der Waals surface area contributed by atoms with Crippen molar-refractivity contribution in [2.75, 3.05) is 27.7 Å². The van der Waals surface area contributed by atoms with E-state index in [4.69, 9.17) is 0 Å². The third-order valence-electron chi connectivity index (χ3n) is 0.949. The van der Waals surface area contributed by atoms with Gasteiger partial charge in [0.15, 0.2) is 0 Å². The Hall–Kier alpha value is -0.255. The molecule has 0 aromatic heterocycles. The van der Waals surface area contributed by atoms with E-state index in [0.717, 1.165) is 4.48 Å². The molecule has 1 nitrogen and oxygen atoms in total. The average molecular weight is 175 g/mol. The average Bonchev–Trinajstić information content (AvgIpc) is 1.59. The van der Waals surface area contributed by atoms with Crippen molar-refractivity contribution < 1.29 is 21.7 Å². The molecule has 0 saturated carbocycles. The minimum absolute atomic E-state index is 1.07. The van der Waals surface area contributed by atoms with Crippen LogP contribution in [0.25, 0.3) is 0 Å². The Balaban J connectivity index is 0. The number of quaternary nitrogens is 1. The van der Waals surface area contributed by atoms with Crippen LogP contribution in [0.2, 0.25) is 0 Å². The SMILES string of the molecule is CC[N+](C)(C)C.F[B-](F)(F)F. The van der Waals surface area contributed by atoms with E-state index >= 15 is 0 Å². The largest absolute Gasteiger partial charge is 0.673 e. The molecule has 0 saturated heterocycles. The highest BCUT2D eigenvalue weighted by Gasteiger charge is 2.20. The van der Waals surface area contributed by atoms with Crippen LogP contribution in [0.15, 0.2) is 0 Å². The zero-order valence-corrected chi connectivity index (χ0v) is 7.24. The Morgan fingerprint density at radius 1 is 1.00 bits per heavy atom. The maximum atomic E-state index is 9.75. The topological polar surface area (TPSA) is 0 Å². The van der Waals surface area contributed by atoms with Crippen LogP contribution in [0.5, 0.6) is 0 Å². The number of nitrogens with zero attached hydrogens (tertiary/aromatic N) is 1. The molecule has 0 fully saturated rings. The van der Waals surface area contributed by atoms with Gasteiger partial charge < -0.3 is 21.7 Å². The predicted molar refractivity (Wildman–Crippen MR) is 38.8 cm³/mol. The summed E-state index contributed by atoms with van der Waals surface area (Å²) in [7, 11) is 0.542. The van der Waals surface area contributed by atoms with Gasteiger partial charge in [-0.05, 0) is 6.92 Å². The molecule has 0 amide bonds. The van der Waals surface area contributed by atoms with E-state index < -0.39 is 7.25 Å². The number of rotatable bonds is 1. The molecule has 0 unspecified atom stereocenters. The van der Waals surface area contributed by atoms with Gasteiger partial charge in [0.1, 0.15) is 0 Å². The molecule has 0 rings (SSSR count). The van der Waals surface area contributed by atoms with E-state index in [1.54, 1.807) is 0 Å². The second kappa shape index (κ2) is 4.59. The molecular weight excluding hydrogens is 161 g/mol. The molecule has 6 heteroatoms. The fourth-order valence-electron chi connectivity index (χ4n) is 0. The summed E-state index contributed by atoms with van der Waals surface area (Å²) in [6.07, 6.45) is 0. The summed E-state index contributed by atoms with van der Waals surface area (Å²) in [5, 5.41) is 0. The van der Waals surface area contributed by atoms with Crippen LogP contribution in [0.4, 0.5) is 17.3 Å². The highest BCUT2D eigenvalue weighted by molar-refractivity contribution is 6.50. The maximum absolute atomic E-state index is 9.75. The Morgan fingerprint density at radius 2 is 1.09 bits per heavy atom. The first-order valence-electron chi connectivity index (χ1n) is 3.24. The molecule has 0 aromatic rings. The van der Waals surface area contributed by atoms with Crippen LogP contribution in [0.3, 0.4) is 0 Å². The summed E-state index contributed by atoms with van der Waals surface area (Å²) in [5.74, 6) is 0. The summed E-state index contributed by atoms with van der Waals surface area (Å²) in [4.78, 5) is 0. The van der Waals surface area contributed by atoms with E-state index in [1.165, 1.54) is 6.54 Å². The minimum atomic E-state index is -6.00. The van der Waals surface area contributed by atoms with Crippen molar-refractivity contribution in [1.29, 1.82) is 0 Å². The fraction of sp³-hybridized carbons (Fsp3) is 1.00. The number of halogens is 4. The molecule has 0 spiro atoms. The lowest BCUT2D eigenvalue weighted by Crippen LogP contribution is -2.33. The van der Waals surface area contributed by atoms with Crippen LogP contribution in [-0.4, -0.2) is 39.4 Å². The Labute approximate surface area is 64.7 Å². The third kappa shape index (κ3) is 77.6. The van der Waals surface area contributed by atoms with Gasteiger partial charge in [-0.1, -0.05) is 0 Å². The summed E-state index contributed by atoms with van der Waals surface area (Å²) in [6.45, 7) is 3.39. The molecular formula is C5H14BF4N. The molecule has 70 valence electrons. The highest BCUT2D eigenvalue weighted by Crippen LogP contribution is 2.06. The minimum Gasteiger partial charge on any atom is -0.418 e. The van der Waals surface area contributed by atoms with Crippen molar-refractivity contribution in [3.63, 3.8) is 0 Å². The molecule has 0 aliphatic carbocycles. The maximum Gasteiger partial charge on any atom is 0.673 e. The van der Waals surface area contributed by atoms with E-state index in [-0.39, 0.29) is 0 Å². The van der Waals surface area contributed by atoms with Gasteiger partial charge in [0.2, 0.25) is 0 Å². The summed E-state index contributed by atoms with van der Waals surface area (Å²) < 4.78 is 40.1. The van der Waals surface area contributed by atoms with E-state index in [2.05, 4.69) is 28.1 Å². The Bertz CT molecular complexity index is 89.6. The lowest BCUT2D eigenvalue weighted by molar-refractivity contribution is -0.868. The summed E-state index contributed by atoms with van der Waals surface area (Å²) in [5.41, 5.74) is 0. The first-order chi connectivity index (χ1) is 4.56. The van der Waals surface area contributed by atoms with Crippen LogP contribution >= 0.6 is 0 Å². The molecule has 0 bridgehead atoms. The molecule has 0 aromatic carbocycles. The Kier molecular flexibility index (Phi) is 5.57. The molecule has 0 heterocycles. The van der Waals surface area contributed by atoms with Gasteiger partial charge in [0.05, 0.1) is 27.7 Å². The summed E-state index contributed by atoms with van der Waals surface area (Å²) in [6, 6.07) is 0. The van der Waals surface area contributed by atoms with Gasteiger partial charge in [-0.2, -0.15) is 0 Å². The molecule has 0 radical (unpaired) electrons. The lowest BCUT2D eigenvalue weighted by atomic mass is 10.3. The smallest absolute Gasteiger partial charge is 0.418 e. The second-order valence-electron chi connectivity index (χ2n) is 3.10. The zero-order chi connectivity index (χ0) is 9.71. The molecule has 0 aliphatic heterocycles. The van der Waals surface area contributed by atoms with Crippen molar-refractivity contribution in [1.82, 2.24) is 0 Å². The highest BCUT2D eigenvalue weighted by atomic mass is 19.5. The van der Waals surface area contributed by atoms with Crippen molar-refractivity contribution in [2.45, 2.75) is 6.92 Å². The van der Waals surface area contributed by atoms with Gasteiger partial charge in [-0.15, -0.1) is 0 Å². The quantitative estimate of drug-likeness (QED) is 0.325. The zero-order valence-electron chi connectivity index (χ0n) is 7.24. The normalized spacial score (nSPS) is 12.0. The van der Waals surface area contributed by atoms with Gasteiger partial charge in [-0.25, -0.2) is 0 Å². The summed E-state index contributed by atoms with van der Waals surface area (Å²) >= 11 is 0. The second-order valence-corrected chi connectivity index (χ2v) is 3.10.